The van der Waals surface area contributed by atoms with E-state index in [4.69, 9.17) is 10.00 Å². The van der Waals surface area contributed by atoms with Gasteiger partial charge in [0.1, 0.15) is 11.9 Å². The Kier molecular flexibility index (Phi) is 3.66. The summed E-state index contributed by atoms with van der Waals surface area (Å²) in [6.07, 6.45) is 1.20. The number of nitro groups is 1. The molecular weight excluding hydrogens is 260 g/mol. The van der Waals surface area contributed by atoms with Gasteiger partial charge in [0.15, 0.2) is 6.61 Å². The van der Waals surface area contributed by atoms with Crippen LogP contribution in [0.1, 0.15) is 17.0 Å². The molecule has 0 saturated carbocycles. The molecule has 7 heteroatoms. The number of nitriles is 1. The van der Waals surface area contributed by atoms with Gasteiger partial charge in [-0.2, -0.15) is 5.26 Å². The minimum Gasteiger partial charge on any atom is -0.483 e. The Morgan fingerprint density at radius 2 is 2.30 bits per heavy atom. The lowest BCUT2D eigenvalue weighted by molar-refractivity contribution is -0.391. The molecule has 0 aliphatic carbocycles. The first-order valence-electron chi connectivity index (χ1n) is 5.81. The lowest BCUT2D eigenvalue weighted by Gasteiger charge is -2.06. The van der Waals surface area contributed by atoms with Gasteiger partial charge in [-0.3, -0.25) is 0 Å². The van der Waals surface area contributed by atoms with Gasteiger partial charge in [0.25, 0.3) is 0 Å². The van der Waals surface area contributed by atoms with Gasteiger partial charge < -0.3 is 14.9 Å². The molecule has 0 atom stereocenters. The largest absolute Gasteiger partial charge is 0.483 e. The summed E-state index contributed by atoms with van der Waals surface area (Å²) in [4.78, 5) is 14.2. The second kappa shape index (κ2) is 5.40. The smallest absolute Gasteiger partial charge is 0.342 e. The highest BCUT2D eigenvalue weighted by atomic mass is 16.6. The molecule has 102 valence electrons. The molecule has 1 aromatic carbocycles. The van der Waals surface area contributed by atoms with Crippen LogP contribution in [0.25, 0.3) is 0 Å². The third-order valence-electron chi connectivity index (χ3n) is 2.93. The van der Waals surface area contributed by atoms with E-state index >= 15 is 0 Å². The summed E-state index contributed by atoms with van der Waals surface area (Å²) in [5.41, 5.74) is 1.40. The van der Waals surface area contributed by atoms with E-state index in [1.807, 2.05) is 6.92 Å². The highest BCUT2D eigenvalue weighted by Crippen LogP contribution is 2.18. The standard InChI is InChI=1S/C13H12N4O3/c1-9-5-11(4-3-10(9)6-14)20-8-12-15-7-13(16(12)2)17(18)19/h3-5,7H,8H2,1-2H3. The maximum Gasteiger partial charge on any atom is 0.342 e. The minimum absolute atomic E-state index is 0.0837. The minimum atomic E-state index is -0.498. The monoisotopic (exact) mass is 272 g/mol. The molecule has 1 aromatic heterocycles. The van der Waals surface area contributed by atoms with Crippen molar-refractivity contribution in [3.05, 3.63) is 51.5 Å². The number of aryl methyl sites for hydroxylation is 1. The fourth-order valence-corrected chi connectivity index (χ4v) is 1.74. The number of nitrogens with zero attached hydrogens (tertiary/aromatic N) is 4. The molecule has 2 aromatic rings. The third-order valence-corrected chi connectivity index (χ3v) is 2.93. The van der Waals surface area contributed by atoms with Crippen molar-refractivity contribution in [1.29, 1.82) is 5.26 Å². The molecule has 7 nitrogen and oxygen atoms in total. The number of aromatic nitrogens is 2. The Bertz CT molecular complexity index is 700. The number of imidazole rings is 1. The summed E-state index contributed by atoms with van der Waals surface area (Å²) in [5, 5.41) is 19.5. The molecule has 0 saturated heterocycles. The maximum absolute atomic E-state index is 10.7. The third kappa shape index (κ3) is 2.59. The van der Waals surface area contributed by atoms with Crippen molar-refractivity contribution in [2.75, 3.05) is 0 Å². The van der Waals surface area contributed by atoms with Crippen molar-refractivity contribution >= 4 is 5.82 Å². The molecule has 0 spiro atoms. The van der Waals surface area contributed by atoms with E-state index in [1.165, 1.54) is 10.8 Å². The first-order valence-corrected chi connectivity index (χ1v) is 5.81. The molecule has 0 aliphatic rings. The van der Waals surface area contributed by atoms with E-state index in [9.17, 15) is 10.1 Å². The summed E-state index contributed by atoms with van der Waals surface area (Å²) in [6.45, 7) is 1.94. The number of hydrogen-bond acceptors (Lipinski definition) is 5. The van der Waals surface area contributed by atoms with Crippen molar-refractivity contribution in [3.63, 3.8) is 0 Å². The summed E-state index contributed by atoms with van der Waals surface area (Å²) >= 11 is 0. The van der Waals surface area contributed by atoms with E-state index < -0.39 is 4.92 Å². The number of hydrogen-bond donors (Lipinski definition) is 0. The zero-order chi connectivity index (χ0) is 14.7. The highest BCUT2D eigenvalue weighted by molar-refractivity contribution is 5.41. The molecular formula is C13H12N4O3. The van der Waals surface area contributed by atoms with Crippen LogP contribution in [0.15, 0.2) is 24.4 Å². The van der Waals surface area contributed by atoms with Gasteiger partial charge >= 0.3 is 5.82 Å². The van der Waals surface area contributed by atoms with Crippen LogP contribution < -0.4 is 4.74 Å². The molecule has 0 aliphatic heterocycles. The molecule has 1 heterocycles. The van der Waals surface area contributed by atoms with Gasteiger partial charge in [-0.25, -0.2) is 9.55 Å². The topological polar surface area (TPSA) is 94.0 Å². The van der Waals surface area contributed by atoms with E-state index in [-0.39, 0.29) is 12.4 Å². The Hall–Kier alpha value is -2.88. The van der Waals surface area contributed by atoms with Crippen molar-refractivity contribution in [2.45, 2.75) is 13.5 Å². The van der Waals surface area contributed by atoms with E-state index in [0.717, 1.165) is 5.56 Å². The summed E-state index contributed by atoms with van der Waals surface area (Å²) in [7, 11) is 1.56. The van der Waals surface area contributed by atoms with Crippen LogP contribution in [-0.4, -0.2) is 14.5 Å². The normalized spacial score (nSPS) is 10.1. The lowest BCUT2D eigenvalue weighted by atomic mass is 10.1. The Morgan fingerprint density at radius 3 is 2.85 bits per heavy atom. The molecule has 0 radical (unpaired) electrons. The SMILES string of the molecule is Cc1cc(OCc2ncc([N+](=O)[O-])n2C)ccc1C#N. The fraction of sp³-hybridized carbons (Fsp3) is 0.231. The maximum atomic E-state index is 10.7. The summed E-state index contributed by atoms with van der Waals surface area (Å²) in [6, 6.07) is 7.18. The van der Waals surface area contributed by atoms with Gasteiger partial charge in [0, 0.05) is 0 Å². The predicted molar refractivity (Wildman–Crippen MR) is 70.1 cm³/mol. The Labute approximate surface area is 115 Å². The van der Waals surface area contributed by atoms with Gasteiger partial charge in [0.2, 0.25) is 5.82 Å². The van der Waals surface area contributed by atoms with Crippen LogP contribution in [0.3, 0.4) is 0 Å². The van der Waals surface area contributed by atoms with E-state index in [0.29, 0.717) is 17.1 Å². The molecule has 0 amide bonds. The zero-order valence-electron chi connectivity index (χ0n) is 11.0. The molecule has 20 heavy (non-hydrogen) atoms. The van der Waals surface area contributed by atoms with Crippen LogP contribution in [0, 0.1) is 28.4 Å². The fourth-order valence-electron chi connectivity index (χ4n) is 1.74. The van der Waals surface area contributed by atoms with Crippen molar-refractivity contribution < 1.29 is 9.66 Å². The number of rotatable bonds is 4. The molecule has 0 N–H and O–H groups in total. The Balaban J connectivity index is 2.11. The average molecular weight is 272 g/mol. The van der Waals surface area contributed by atoms with Gasteiger partial charge in [-0.15, -0.1) is 0 Å². The zero-order valence-corrected chi connectivity index (χ0v) is 11.0. The number of ether oxygens (including phenoxy) is 1. The van der Waals surface area contributed by atoms with Gasteiger partial charge in [-0.05, 0) is 35.6 Å². The predicted octanol–water partition coefficient (Wildman–Crippen LogP) is 2.09. The molecule has 0 bridgehead atoms. The lowest BCUT2D eigenvalue weighted by Crippen LogP contribution is -2.05. The van der Waals surface area contributed by atoms with Crippen LogP contribution in [0.5, 0.6) is 5.75 Å². The van der Waals surface area contributed by atoms with E-state index in [1.54, 1.807) is 25.2 Å². The van der Waals surface area contributed by atoms with Crippen LogP contribution in [-0.2, 0) is 13.7 Å². The second-order valence-electron chi connectivity index (χ2n) is 4.23. The summed E-state index contributed by atoms with van der Waals surface area (Å²) < 4.78 is 6.90. The van der Waals surface area contributed by atoms with E-state index in [2.05, 4.69) is 11.1 Å². The highest BCUT2D eigenvalue weighted by Gasteiger charge is 2.16. The molecule has 2 rings (SSSR count). The average Bonchev–Trinajstić information content (AvgIpc) is 2.78. The van der Waals surface area contributed by atoms with Crippen LogP contribution >= 0.6 is 0 Å². The summed E-state index contributed by atoms with van der Waals surface area (Å²) in [5.74, 6) is 0.963. The van der Waals surface area contributed by atoms with Crippen LogP contribution in [0.4, 0.5) is 5.82 Å². The first kappa shape index (κ1) is 13.5. The van der Waals surface area contributed by atoms with Gasteiger partial charge in [0.05, 0.1) is 18.7 Å². The van der Waals surface area contributed by atoms with Crippen molar-refractivity contribution in [3.8, 4) is 11.8 Å². The first-order chi connectivity index (χ1) is 9.52. The quantitative estimate of drug-likeness (QED) is 0.627. The molecule has 0 fully saturated rings. The Morgan fingerprint density at radius 1 is 1.55 bits per heavy atom. The van der Waals surface area contributed by atoms with Gasteiger partial charge in [-0.1, -0.05) is 0 Å². The second-order valence-corrected chi connectivity index (χ2v) is 4.23. The molecule has 0 unspecified atom stereocenters. The van der Waals surface area contributed by atoms with Crippen LogP contribution in [0.2, 0.25) is 0 Å². The van der Waals surface area contributed by atoms with Crippen molar-refractivity contribution in [2.24, 2.45) is 7.05 Å². The number of benzene rings is 1. The van der Waals surface area contributed by atoms with Crippen molar-refractivity contribution in [1.82, 2.24) is 9.55 Å².